The number of hydrogen-bond donors (Lipinski definition) is 2. The van der Waals surface area contributed by atoms with Crippen LogP contribution in [0.15, 0.2) is 85.2 Å². The lowest BCUT2D eigenvalue weighted by atomic mass is 9.87. The zero-order valence-electron chi connectivity index (χ0n) is 18.8. The highest BCUT2D eigenvalue weighted by molar-refractivity contribution is 6.06. The van der Waals surface area contributed by atoms with Crippen molar-refractivity contribution in [2.24, 2.45) is 0 Å². The van der Waals surface area contributed by atoms with Crippen LogP contribution in [0.5, 0.6) is 5.75 Å². The lowest BCUT2D eigenvalue weighted by Crippen LogP contribution is -2.14. The van der Waals surface area contributed by atoms with Gasteiger partial charge in [-0.3, -0.25) is 9.89 Å². The number of nitrogens with one attached hydrogen (secondary N) is 2. The molecule has 168 valence electrons. The lowest BCUT2D eigenvalue weighted by Gasteiger charge is -2.15. The highest BCUT2D eigenvalue weighted by Crippen LogP contribution is 2.43. The van der Waals surface area contributed by atoms with Gasteiger partial charge in [0.1, 0.15) is 5.75 Å². The molecule has 0 unspecified atom stereocenters. The molecule has 6 heteroatoms. The summed E-state index contributed by atoms with van der Waals surface area (Å²) in [7, 11) is 1.66. The van der Waals surface area contributed by atoms with Gasteiger partial charge < -0.3 is 14.6 Å². The molecule has 1 atom stereocenters. The molecule has 3 heterocycles. The third kappa shape index (κ3) is 3.44. The Labute approximate surface area is 197 Å². The normalized spacial score (nSPS) is 15.2. The van der Waals surface area contributed by atoms with E-state index in [1.807, 2.05) is 48.7 Å². The van der Waals surface area contributed by atoms with Gasteiger partial charge in [-0.1, -0.05) is 36.4 Å². The van der Waals surface area contributed by atoms with Gasteiger partial charge in [0.2, 0.25) is 5.91 Å². The van der Waals surface area contributed by atoms with Crippen LogP contribution in [0.3, 0.4) is 0 Å². The van der Waals surface area contributed by atoms with E-state index in [9.17, 15) is 4.79 Å². The summed E-state index contributed by atoms with van der Waals surface area (Å²) in [6.45, 7) is 0.762. The molecule has 2 aromatic heterocycles. The highest BCUT2D eigenvalue weighted by Gasteiger charge is 2.30. The molecule has 0 radical (unpaired) electrons. The van der Waals surface area contributed by atoms with E-state index in [0.717, 1.165) is 51.3 Å². The fourth-order valence-corrected chi connectivity index (χ4v) is 4.99. The van der Waals surface area contributed by atoms with Crippen molar-refractivity contribution >= 4 is 22.5 Å². The molecule has 0 saturated carbocycles. The summed E-state index contributed by atoms with van der Waals surface area (Å²) in [5.41, 5.74) is 7.28. The summed E-state index contributed by atoms with van der Waals surface area (Å²) in [5, 5.41) is 11.8. The third-order valence-corrected chi connectivity index (χ3v) is 6.59. The fourth-order valence-electron chi connectivity index (χ4n) is 4.99. The van der Waals surface area contributed by atoms with Gasteiger partial charge in [0.05, 0.1) is 30.2 Å². The molecule has 6 rings (SSSR count). The highest BCUT2D eigenvalue weighted by atomic mass is 16.5. The maximum Gasteiger partial charge on any atom is 0.225 e. The number of rotatable bonds is 5. The van der Waals surface area contributed by atoms with Crippen LogP contribution in [0, 0.1) is 0 Å². The van der Waals surface area contributed by atoms with Crippen LogP contribution in [0.25, 0.3) is 22.2 Å². The van der Waals surface area contributed by atoms with Crippen LogP contribution in [-0.4, -0.2) is 27.8 Å². The fraction of sp³-hybridized carbons (Fsp3) is 0.143. The summed E-state index contributed by atoms with van der Waals surface area (Å²) >= 11 is 0. The monoisotopic (exact) mass is 448 g/mol. The molecule has 5 aromatic rings. The van der Waals surface area contributed by atoms with E-state index in [-0.39, 0.29) is 11.8 Å². The maximum absolute atomic E-state index is 12.9. The Kier molecular flexibility index (Phi) is 4.91. The molecule has 3 aromatic carbocycles. The van der Waals surface area contributed by atoms with Gasteiger partial charge in [-0.2, -0.15) is 5.10 Å². The Bertz CT molecular complexity index is 1480. The zero-order valence-corrected chi connectivity index (χ0v) is 18.8. The minimum absolute atomic E-state index is 0.00481. The van der Waals surface area contributed by atoms with E-state index in [1.54, 1.807) is 7.11 Å². The van der Waals surface area contributed by atoms with Gasteiger partial charge in [0.15, 0.2) is 0 Å². The SMILES string of the molecule is COc1ccc(-c2[nH]ncc2[C@H]2CC(=O)Nc3cccc4c3c2cn4Cc2ccccc2)cc1. The van der Waals surface area contributed by atoms with Gasteiger partial charge in [-0.15, -0.1) is 0 Å². The summed E-state index contributed by atoms with van der Waals surface area (Å²) < 4.78 is 7.59. The number of aromatic nitrogens is 3. The largest absolute Gasteiger partial charge is 0.497 e. The van der Waals surface area contributed by atoms with Crippen molar-refractivity contribution in [1.82, 2.24) is 14.8 Å². The van der Waals surface area contributed by atoms with Crippen LogP contribution in [0.1, 0.15) is 29.0 Å². The molecule has 0 spiro atoms. The molecule has 0 fully saturated rings. The van der Waals surface area contributed by atoms with Crippen LogP contribution < -0.4 is 10.1 Å². The Morgan fingerprint density at radius 2 is 1.82 bits per heavy atom. The molecule has 1 amide bonds. The standard InChI is InChI=1S/C28H24N4O2/c1-34-20-12-10-19(11-13-20)28-22(15-29-31-28)21-14-26(33)30-24-8-5-9-25-27(24)23(21)17-32(25)16-18-6-3-2-4-7-18/h2-13,15,17,21H,14,16H2,1H3,(H,29,31)(H,30,33)/t21-/m1/s1. The Hall–Kier alpha value is -4.32. The molecule has 1 aliphatic rings. The molecule has 2 N–H and O–H groups in total. The number of benzene rings is 3. The first-order valence-electron chi connectivity index (χ1n) is 11.3. The molecular weight excluding hydrogens is 424 g/mol. The van der Waals surface area contributed by atoms with Crippen molar-refractivity contribution in [2.45, 2.75) is 18.9 Å². The van der Waals surface area contributed by atoms with Gasteiger partial charge in [-0.05, 0) is 47.5 Å². The molecule has 6 nitrogen and oxygen atoms in total. The number of H-pyrrole nitrogens is 1. The van der Waals surface area contributed by atoms with Crippen molar-refractivity contribution in [3.63, 3.8) is 0 Å². The van der Waals surface area contributed by atoms with E-state index in [1.165, 1.54) is 5.56 Å². The first kappa shape index (κ1) is 20.3. The second-order valence-corrected chi connectivity index (χ2v) is 8.63. The Morgan fingerprint density at radius 1 is 1.00 bits per heavy atom. The van der Waals surface area contributed by atoms with E-state index in [2.05, 4.69) is 56.6 Å². The number of carbonyl (C=O) groups is 1. The van der Waals surface area contributed by atoms with E-state index in [0.29, 0.717) is 6.42 Å². The average molecular weight is 449 g/mol. The number of carbonyl (C=O) groups excluding carboxylic acids is 1. The molecular formula is C28H24N4O2. The summed E-state index contributed by atoms with van der Waals surface area (Å²) in [4.78, 5) is 12.9. The third-order valence-electron chi connectivity index (χ3n) is 6.59. The number of anilines is 1. The predicted octanol–water partition coefficient (Wildman–Crippen LogP) is 5.56. The van der Waals surface area contributed by atoms with Crippen molar-refractivity contribution in [3.05, 3.63) is 102 Å². The molecule has 0 aliphatic carbocycles. The molecule has 1 aliphatic heterocycles. The molecule has 0 bridgehead atoms. The van der Waals surface area contributed by atoms with E-state index >= 15 is 0 Å². The second kappa shape index (κ2) is 8.23. The first-order valence-corrected chi connectivity index (χ1v) is 11.3. The van der Waals surface area contributed by atoms with Gasteiger partial charge in [0, 0.05) is 41.6 Å². The van der Waals surface area contributed by atoms with Crippen molar-refractivity contribution < 1.29 is 9.53 Å². The molecule has 34 heavy (non-hydrogen) atoms. The lowest BCUT2D eigenvalue weighted by molar-refractivity contribution is -0.116. The van der Waals surface area contributed by atoms with Crippen LogP contribution >= 0.6 is 0 Å². The maximum atomic E-state index is 12.9. The predicted molar refractivity (Wildman–Crippen MR) is 133 cm³/mol. The number of amides is 1. The minimum Gasteiger partial charge on any atom is -0.497 e. The smallest absolute Gasteiger partial charge is 0.225 e. The summed E-state index contributed by atoms with van der Waals surface area (Å²) in [5.74, 6) is 0.677. The van der Waals surface area contributed by atoms with Crippen LogP contribution in [0.2, 0.25) is 0 Å². The number of hydrogen-bond acceptors (Lipinski definition) is 3. The minimum atomic E-state index is -0.126. The van der Waals surface area contributed by atoms with E-state index in [4.69, 9.17) is 4.74 Å². The summed E-state index contributed by atoms with van der Waals surface area (Å²) in [6.07, 6.45) is 4.41. The van der Waals surface area contributed by atoms with Crippen molar-refractivity contribution in [1.29, 1.82) is 0 Å². The number of nitrogens with zero attached hydrogens (tertiary/aromatic N) is 2. The number of methoxy groups -OCH3 is 1. The second-order valence-electron chi connectivity index (χ2n) is 8.63. The van der Waals surface area contributed by atoms with Gasteiger partial charge >= 0.3 is 0 Å². The van der Waals surface area contributed by atoms with Crippen molar-refractivity contribution in [2.75, 3.05) is 12.4 Å². The molecule has 0 saturated heterocycles. The Morgan fingerprint density at radius 3 is 2.62 bits per heavy atom. The van der Waals surface area contributed by atoms with E-state index < -0.39 is 0 Å². The van der Waals surface area contributed by atoms with Crippen molar-refractivity contribution in [3.8, 4) is 17.0 Å². The van der Waals surface area contributed by atoms with Crippen LogP contribution in [0.4, 0.5) is 5.69 Å². The Balaban J connectivity index is 1.50. The summed E-state index contributed by atoms with van der Waals surface area (Å²) in [6, 6.07) is 24.4. The van der Waals surface area contributed by atoms with Gasteiger partial charge in [0.25, 0.3) is 0 Å². The number of aromatic amines is 1. The topological polar surface area (TPSA) is 71.9 Å². The van der Waals surface area contributed by atoms with Crippen LogP contribution in [-0.2, 0) is 11.3 Å². The average Bonchev–Trinajstić information content (AvgIpc) is 3.46. The van der Waals surface area contributed by atoms with Gasteiger partial charge in [-0.25, -0.2) is 0 Å². The quantitative estimate of drug-likeness (QED) is 0.370. The number of ether oxygens (including phenoxy) is 1. The first-order chi connectivity index (χ1) is 16.7. The zero-order chi connectivity index (χ0) is 23.1.